The van der Waals surface area contributed by atoms with E-state index in [9.17, 15) is 0 Å². The van der Waals surface area contributed by atoms with E-state index in [1.165, 1.54) is 16.7 Å². The second kappa shape index (κ2) is 6.92. The van der Waals surface area contributed by atoms with Gasteiger partial charge in [-0.3, -0.25) is 0 Å². The molecule has 0 spiro atoms. The van der Waals surface area contributed by atoms with Crippen LogP contribution in [-0.4, -0.2) is 17.1 Å². The number of nitrogens with zero attached hydrogens (tertiary/aromatic N) is 1. The minimum atomic E-state index is 0.704. The third kappa shape index (κ3) is 4.73. The molecule has 2 aromatic rings. The summed E-state index contributed by atoms with van der Waals surface area (Å²) in [6.07, 6.45) is 0. The Kier molecular flexibility index (Phi) is 5.21. The van der Waals surface area contributed by atoms with Gasteiger partial charge in [-0.05, 0) is 67.0 Å². The predicted octanol–water partition coefficient (Wildman–Crippen LogP) is 4.79. The zero-order valence-electron chi connectivity index (χ0n) is 12.5. The molecule has 1 N–H and O–H groups in total. The summed E-state index contributed by atoms with van der Waals surface area (Å²) in [7, 11) is 1.98. The number of thiocarbonyl (C=S) groups is 1. The van der Waals surface area contributed by atoms with Crippen molar-refractivity contribution in [2.45, 2.75) is 20.4 Å². The summed E-state index contributed by atoms with van der Waals surface area (Å²) in [6.45, 7) is 4.91. The topological polar surface area (TPSA) is 15.3 Å². The van der Waals surface area contributed by atoms with Crippen LogP contribution in [0.1, 0.15) is 16.7 Å². The van der Waals surface area contributed by atoms with Gasteiger partial charge < -0.3 is 10.2 Å². The van der Waals surface area contributed by atoms with E-state index >= 15 is 0 Å². The summed E-state index contributed by atoms with van der Waals surface area (Å²) < 4.78 is 0. The van der Waals surface area contributed by atoms with Gasteiger partial charge in [0.15, 0.2) is 5.11 Å². The van der Waals surface area contributed by atoms with Gasteiger partial charge in [0.2, 0.25) is 0 Å². The second-order valence-corrected chi connectivity index (χ2v) is 6.11. The molecule has 21 heavy (non-hydrogen) atoms. The molecule has 110 valence electrons. The monoisotopic (exact) mass is 318 g/mol. The Morgan fingerprint density at radius 3 is 2.24 bits per heavy atom. The number of aryl methyl sites for hydroxylation is 2. The first-order valence-electron chi connectivity index (χ1n) is 6.79. The summed E-state index contributed by atoms with van der Waals surface area (Å²) in [5.74, 6) is 0. The van der Waals surface area contributed by atoms with Crippen LogP contribution in [0.3, 0.4) is 0 Å². The quantitative estimate of drug-likeness (QED) is 0.819. The molecule has 2 rings (SSSR count). The lowest BCUT2D eigenvalue weighted by Crippen LogP contribution is -2.30. The number of rotatable bonds is 3. The van der Waals surface area contributed by atoms with E-state index in [2.05, 4.69) is 37.4 Å². The van der Waals surface area contributed by atoms with Crippen LogP contribution in [0.15, 0.2) is 42.5 Å². The molecular weight excluding hydrogens is 300 g/mol. The molecule has 0 saturated heterocycles. The first-order chi connectivity index (χ1) is 9.94. The molecule has 0 fully saturated rings. The molecule has 0 unspecified atom stereocenters. The number of anilines is 1. The van der Waals surface area contributed by atoms with Crippen molar-refractivity contribution in [2.24, 2.45) is 0 Å². The molecule has 0 bridgehead atoms. The van der Waals surface area contributed by atoms with E-state index in [0.29, 0.717) is 5.11 Å². The van der Waals surface area contributed by atoms with E-state index in [0.717, 1.165) is 17.3 Å². The number of hydrogen-bond acceptors (Lipinski definition) is 1. The van der Waals surface area contributed by atoms with E-state index in [1.54, 1.807) is 0 Å². The minimum absolute atomic E-state index is 0.704. The lowest BCUT2D eigenvalue weighted by molar-refractivity contribution is 0.508. The minimum Gasteiger partial charge on any atom is -0.348 e. The van der Waals surface area contributed by atoms with E-state index < -0.39 is 0 Å². The zero-order valence-corrected chi connectivity index (χ0v) is 14.1. The third-order valence-electron chi connectivity index (χ3n) is 3.15. The van der Waals surface area contributed by atoms with Gasteiger partial charge in [0.1, 0.15) is 0 Å². The average Bonchev–Trinajstić information content (AvgIpc) is 2.40. The fourth-order valence-electron chi connectivity index (χ4n) is 2.20. The Bertz CT molecular complexity index is 617. The van der Waals surface area contributed by atoms with Crippen molar-refractivity contribution in [3.8, 4) is 0 Å². The van der Waals surface area contributed by atoms with Gasteiger partial charge in [-0.1, -0.05) is 29.8 Å². The Hall–Kier alpha value is -1.58. The maximum atomic E-state index is 5.90. The Morgan fingerprint density at radius 1 is 1.10 bits per heavy atom. The van der Waals surface area contributed by atoms with Gasteiger partial charge in [0.25, 0.3) is 0 Å². The normalized spacial score (nSPS) is 10.3. The summed E-state index contributed by atoms with van der Waals surface area (Å²) >= 11 is 11.4. The lowest BCUT2D eigenvalue weighted by atomic mass is 10.1. The van der Waals surface area contributed by atoms with Gasteiger partial charge in [0.05, 0.1) is 0 Å². The molecule has 0 heterocycles. The smallest absolute Gasteiger partial charge is 0.173 e. The van der Waals surface area contributed by atoms with E-state index in [-0.39, 0.29) is 0 Å². The van der Waals surface area contributed by atoms with Crippen molar-refractivity contribution in [2.75, 3.05) is 12.4 Å². The van der Waals surface area contributed by atoms with Crippen LogP contribution in [0.5, 0.6) is 0 Å². The number of benzene rings is 2. The highest BCUT2D eigenvalue weighted by Gasteiger charge is 2.06. The standard InChI is InChI=1S/C17H19ClN2S/c1-12-8-13(2)10-16(9-12)19-17(21)20(3)11-14-4-6-15(18)7-5-14/h4-10H,11H2,1-3H3,(H,19,21). The molecule has 0 aliphatic carbocycles. The SMILES string of the molecule is Cc1cc(C)cc(NC(=S)N(C)Cc2ccc(Cl)cc2)c1. The van der Waals surface area contributed by atoms with Crippen LogP contribution in [0.2, 0.25) is 5.02 Å². The molecular formula is C17H19ClN2S. The summed E-state index contributed by atoms with van der Waals surface area (Å²) in [5, 5.41) is 4.74. The highest BCUT2D eigenvalue weighted by molar-refractivity contribution is 7.80. The van der Waals surface area contributed by atoms with Crippen LogP contribution in [0, 0.1) is 13.8 Å². The van der Waals surface area contributed by atoms with E-state index in [1.807, 2.05) is 36.2 Å². The highest BCUT2D eigenvalue weighted by Crippen LogP contribution is 2.15. The Morgan fingerprint density at radius 2 is 1.67 bits per heavy atom. The third-order valence-corrected chi connectivity index (χ3v) is 3.82. The summed E-state index contributed by atoms with van der Waals surface area (Å²) in [4.78, 5) is 2.01. The maximum Gasteiger partial charge on any atom is 0.173 e. The van der Waals surface area contributed by atoms with Crippen molar-refractivity contribution in [1.82, 2.24) is 4.90 Å². The number of nitrogens with one attached hydrogen (secondary N) is 1. The molecule has 0 amide bonds. The van der Waals surface area contributed by atoms with Crippen molar-refractivity contribution in [3.05, 3.63) is 64.2 Å². The largest absolute Gasteiger partial charge is 0.348 e. The van der Waals surface area contributed by atoms with Crippen molar-refractivity contribution >= 4 is 34.6 Å². The van der Waals surface area contributed by atoms with Crippen LogP contribution in [0.4, 0.5) is 5.69 Å². The van der Waals surface area contributed by atoms with Gasteiger partial charge in [-0.25, -0.2) is 0 Å². The lowest BCUT2D eigenvalue weighted by Gasteiger charge is -2.21. The van der Waals surface area contributed by atoms with Crippen LogP contribution in [-0.2, 0) is 6.54 Å². The summed E-state index contributed by atoms with van der Waals surface area (Å²) in [5.41, 5.74) is 4.65. The number of halogens is 1. The van der Waals surface area contributed by atoms with Crippen molar-refractivity contribution in [3.63, 3.8) is 0 Å². The van der Waals surface area contributed by atoms with Gasteiger partial charge >= 0.3 is 0 Å². The van der Waals surface area contributed by atoms with Gasteiger partial charge in [0, 0.05) is 24.3 Å². The molecule has 0 aliphatic rings. The van der Waals surface area contributed by atoms with Crippen molar-refractivity contribution in [1.29, 1.82) is 0 Å². The molecule has 0 saturated carbocycles. The van der Waals surface area contributed by atoms with Crippen LogP contribution in [0.25, 0.3) is 0 Å². The molecule has 0 atom stereocenters. The van der Waals surface area contributed by atoms with Crippen LogP contribution < -0.4 is 5.32 Å². The first-order valence-corrected chi connectivity index (χ1v) is 7.57. The number of hydrogen-bond donors (Lipinski definition) is 1. The molecule has 2 nitrogen and oxygen atoms in total. The fraction of sp³-hybridized carbons (Fsp3) is 0.235. The molecule has 4 heteroatoms. The first kappa shape index (κ1) is 15.8. The Labute approximate surface area is 136 Å². The zero-order chi connectivity index (χ0) is 15.4. The van der Waals surface area contributed by atoms with Crippen LogP contribution >= 0.6 is 23.8 Å². The molecule has 0 aromatic heterocycles. The predicted molar refractivity (Wildman–Crippen MR) is 95.1 cm³/mol. The van der Waals surface area contributed by atoms with Gasteiger partial charge in [-0.15, -0.1) is 0 Å². The maximum absolute atomic E-state index is 5.90. The molecule has 0 aliphatic heterocycles. The fourth-order valence-corrected chi connectivity index (χ4v) is 2.51. The van der Waals surface area contributed by atoms with Crippen molar-refractivity contribution < 1.29 is 0 Å². The Balaban J connectivity index is 2.00. The average molecular weight is 319 g/mol. The second-order valence-electron chi connectivity index (χ2n) is 5.29. The van der Waals surface area contributed by atoms with Gasteiger partial charge in [-0.2, -0.15) is 0 Å². The summed E-state index contributed by atoms with van der Waals surface area (Å²) in [6, 6.07) is 14.1. The highest BCUT2D eigenvalue weighted by atomic mass is 35.5. The molecule has 0 radical (unpaired) electrons. The van der Waals surface area contributed by atoms with E-state index in [4.69, 9.17) is 23.8 Å². The molecule has 2 aromatic carbocycles.